The molecule has 0 saturated carbocycles. The van der Waals surface area contributed by atoms with Crippen molar-refractivity contribution in [2.24, 2.45) is 0 Å². The van der Waals surface area contributed by atoms with E-state index in [1.807, 2.05) is 59.9 Å². The number of furan rings is 1. The van der Waals surface area contributed by atoms with Gasteiger partial charge in [-0.3, -0.25) is 0 Å². The molecule has 0 unspecified atom stereocenters. The molecule has 4 nitrogen and oxygen atoms in total. The third-order valence-electron chi connectivity index (χ3n) is 10.5. The van der Waals surface area contributed by atoms with Gasteiger partial charge in [-0.05, 0) is 41.0 Å². The van der Waals surface area contributed by atoms with Gasteiger partial charge in [-0.2, -0.15) is 0 Å². The molecule has 0 fully saturated rings. The number of rotatable bonds is 6. The summed E-state index contributed by atoms with van der Waals surface area (Å²) < 4.78 is 9.00. The second kappa shape index (κ2) is 13.3. The lowest BCUT2D eigenvalue weighted by Gasteiger charge is -2.12. The van der Waals surface area contributed by atoms with Gasteiger partial charge in [0.05, 0.1) is 0 Å². The zero-order valence-corrected chi connectivity index (χ0v) is 30.9. The van der Waals surface area contributed by atoms with E-state index in [0.29, 0.717) is 17.5 Å². The fraction of sp³-hybridized carbons (Fsp3) is 0. The van der Waals surface area contributed by atoms with Crippen LogP contribution in [0.5, 0.6) is 0 Å². The summed E-state index contributed by atoms with van der Waals surface area (Å²) in [5, 5.41) is 4.47. The minimum absolute atomic E-state index is 0.627. The third-order valence-corrected chi connectivity index (χ3v) is 11.8. The van der Waals surface area contributed by atoms with Crippen molar-refractivity contribution in [2.45, 2.75) is 0 Å². The van der Waals surface area contributed by atoms with E-state index in [4.69, 9.17) is 19.4 Å². The molecule has 0 aliphatic heterocycles. The number of aromatic nitrogens is 3. The van der Waals surface area contributed by atoms with Crippen molar-refractivity contribution in [3.8, 4) is 67.5 Å². The van der Waals surface area contributed by atoms with Crippen molar-refractivity contribution in [3.05, 3.63) is 188 Å². The van der Waals surface area contributed by atoms with Crippen LogP contribution in [0, 0.1) is 0 Å². The summed E-state index contributed by atoms with van der Waals surface area (Å²) in [4.78, 5) is 15.5. The van der Waals surface area contributed by atoms with E-state index in [1.54, 1.807) is 0 Å². The maximum Gasteiger partial charge on any atom is 0.164 e. The quantitative estimate of drug-likeness (QED) is 0.171. The molecule has 0 aliphatic rings. The van der Waals surface area contributed by atoms with E-state index in [-0.39, 0.29) is 0 Å². The predicted molar refractivity (Wildman–Crippen MR) is 233 cm³/mol. The molecule has 8 aromatic carbocycles. The minimum atomic E-state index is 0.627. The first-order valence-electron chi connectivity index (χ1n) is 18.7. The lowest BCUT2D eigenvalue weighted by atomic mass is 9.93. The number of benzene rings is 8. The van der Waals surface area contributed by atoms with Crippen LogP contribution in [0.2, 0.25) is 0 Å². The largest absolute Gasteiger partial charge is 0.455 e. The standard InChI is InChI=1S/C51H31N3OS/c1-5-16-32(17-6-1)36-30-42(33-18-7-2-8-19-33)47-43(31-36)45-41(51-53-49(34-20-9-3-10-21-34)52-50(54-51)35-22-11-4-12-23-35)29-28-40(48(45)56-47)39-26-15-25-38-37-24-13-14-27-44(37)55-46(38)39/h1-31H. The number of nitrogens with zero attached hydrogens (tertiary/aromatic N) is 3. The van der Waals surface area contributed by atoms with E-state index in [1.165, 1.54) is 15.8 Å². The van der Waals surface area contributed by atoms with Crippen molar-refractivity contribution in [2.75, 3.05) is 0 Å². The average molecular weight is 734 g/mol. The Balaban J connectivity index is 1.27. The van der Waals surface area contributed by atoms with E-state index in [0.717, 1.165) is 76.4 Å². The van der Waals surface area contributed by atoms with Gasteiger partial charge in [0.2, 0.25) is 0 Å². The molecule has 0 amide bonds. The SMILES string of the molecule is c1ccc(-c2cc(-c3ccccc3)c3sc4c(-c5cccc6c5oc5ccccc56)ccc(-c5nc(-c6ccccc6)nc(-c6ccccc6)n5)c4c3c2)cc1. The molecule has 3 heterocycles. The molecule has 11 rings (SSSR count). The summed E-state index contributed by atoms with van der Waals surface area (Å²) in [7, 11) is 0. The molecule has 11 aromatic rings. The van der Waals surface area contributed by atoms with Crippen LogP contribution in [0.4, 0.5) is 0 Å². The maximum atomic E-state index is 6.65. The van der Waals surface area contributed by atoms with Crippen LogP contribution >= 0.6 is 11.3 Å². The molecule has 5 heteroatoms. The molecule has 0 aliphatic carbocycles. The molecule has 0 radical (unpaired) electrons. The summed E-state index contributed by atoms with van der Waals surface area (Å²) in [6, 6.07) is 65.6. The highest BCUT2D eigenvalue weighted by Crippen LogP contribution is 2.50. The Morgan fingerprint density at radius 2 is 0.893 bits per heavy atom. The van der Waals surface area contributed by atoms with E-state index >= 15 is 0 Å². The first-order chi connectivity index (χ1) is 27.8. The topological polar surface area (TPSA) is 51.8 Å². The Morgan fingerprint density at radius 3 is 1.57 bits per heavy atom. The van der Waals surface area contributed by atoms with Gasteiger partial charge in [0.15, 0.2) is 17.5 Å². The first-order valence-corrected chi connectivity index (χ1v) is 19.5. The van der Waals surface area contributed by atoms with Gasteiger partial charge < -0.3 is 4.42 Å². The van der Waals surface area contributed by atoms with Crippen molar-refractivity contribution in [3.63, 3.8) is 0 Å². The number of fused-ring (bicyclic) bond motifs is 6. The van der Waals surface area contributed by atoms with E-state index in [2.05, 4.69) is 140 Å². The number of para-hydroxylation sites is 2. The summed E-state index contributed by atoms with van der Waals surface area (Å²) in [6.45, 7) is 0. The summed E-state index contributed by atoms with van der Waals surface area (Å²) >= 11 is 1.82. The predicted octanol–water partition coefficient (Wildman–Crippen LogP) is 14.1. The van der Waals surface area contributed by atoms with Gasteiger partial charge in [0, 0.05) is 64.3 Å². The Labute approximate surface area is 327 Å². The van der Waals surface area contributed by atoms with Crippen LogP contribution in [0.15, 0.2) is 192 Å². The highest BCUT2D eigenvalue weighted by atomic mass is 32.1. The van der Waals surface area contributed by atoms with Crippen LogP contribution in [-0.4, -0.2) is 15.0 Å². The summed E-state index contributed by atoms with van der Waals surface area (Å²) in [5.41, 5.74) is 11.4. The van der Waals surface area contributed by atoms with Crippen LogP contribution in [0.3, 0.4) is 0 Å². The highest BCUT2D eigenvalue weighted by molar-refractivity contribution is 7.27. The third kappa shape index (κ3) is 5.40. The van der Waals surface area contributed by atoms with Crippen molar-refractivity contribution >= 4 is 53.4 Å². The Hall–Kier alpha value is -7.21. The van der Waals surface area contributed by atoms with Gasteiger partial charge in [0.25, 0.3) is 0 Å². The fourth-order valence-corrected chi connectivity index (χ4v) is 9.27. The summed E-state index contributed by atoms with van der Waals surface area (Å²) in [5.74, 6) is 1.89. The lowest BCUT2D eigenvalue weighted by molar-refractivity contribution is 0.670. The van der Waals surface area contributed by atoms with Crippen molar-refractivity contribution in [1.82, 2.24) is 15.0 Å². The first kappa shape index (κ1) is 32.2. The molecular weight excluding hydrogens is 703 g/mol. The highest BCUT2D eigenvalue weighted by Gasteiger charge is 2.23. The Bertz CT molecular complexity index is 3170. The fourth-order valence-electron chi connectivity index (χ4n) is 7.90. The molecular formula is C51H31N3OS. The second-order valence-corrected chi connectivity index (χ2v) is 14.9. The normalized spacial score (nSPS) is 11.6. The van der Waals surface area contributed by atoms with Crippen molar-refractivity contribution in [1.29, 1.82) is 0 Å². The molecule has 0 saturated heterocycles. The molecule has 56 heavy (non-hydrogen) atoms. The van der Waals surface area contributed by atoms with Gasteiger partial charge in [-0.25, -0.2) is 15.0 Å². The zero-order valence-electron chi connectivity index (χ0n) is 30.1. The van der Waals surface area contributed by atoms with Crippen LogP contribution < -0.4 is 0 Å². The van der Waals surface area contributed by atoms with E-state index in [9.17, 15) is 0 Å². The smallest absolute Gasteiger partial charge is 0.164 e. The molecule has 3 aromatic heterocycles. The number of thiophene rings is 1. The second-order valence-electron chi connectivity index (χ2n) is 13.9. The van der Waals surface area contributed by atoms with E-state index < -0.39 is 0 Å². The molecule has 0 N–H and O–H groups in total. The molecule has 0 atom stereocenters. The molecule has 0 spiro atoms. The van der Waals surface area contributed by atoms with Crippen LogP contribution in [0.25, 0.3) is 110 Å². The monoisotopic (exact) mass is 733 g/mol. The number of hydrogen-bond donors (Lipinski definition) is 0. The van der Waals surface area contributed by atoms with Crippen LogP contribution in [-0.2, 0) is 0 Å². The minimum Gasteiger partial charge on any atom is -0.455 e. The average Bonchev–Trinajstić information content (AvgIpc) is 3.86. The number of hydrogen-bond acceptors (Lipinski definition) is 5. The van der Waals surface area contributed by atoms with Gasteiger partial charge in [-0.15, -0.1) is 11.3 Å². The van der Waals surface area contributed by atoms with Gasteiger partial charge >= 0.3 is 0 Å². The van der Waals surface area contributed by atoms with Gasteiger partial charge in [0.1, 0.15) is 11.2 Å². The van der Waals surface area contributed by atoms with Crippen molar-refractivity contribution < 1.29 is 4.42 Å². The summed E-state index contributed by atoms with van der Waals surface area (Å²) in [6.07, 6.45) is 0. The molecule has 0 bridgehead atoms. The Kier molecular flexibility index (Phi) is 7.64. The lowest BCUT2D eigenvalue weighted by Crippen LogP contribution is -2.00. The van der Waals surface area contributed by atoms with Crippen LogP contribution in [0.1, 0.15) is 0 Å². The van der Waals surface area contributed by atoms with Gasteiger partial charge in [-0.1, -0.05) is 164 Å². The molecule has 262 valence electrons. The maximum absolute atomic E-state index is 6.65. The Morgan fingerprint density at radius 1 is 0.339 bits per heavy atom. The zero-order chi connectivity index (χ0) is 37.0.